The average Bonchev–Trinajstić information content (AvgIpc) is 4.15. The molecule has 63 heavy (non-hydrogen) atoms. The van der Waals surface area contributed by atoms with Gasteiger partial charge in [0.05, 0.1) is 49.0 Å². The average molecular weight is 847 g/mol. The summed E-state index contributed by atoms with van der Waals surface area (Å²) in [4.78, 5) is 62.2. The predicted octanol–water partition coefficient (Wildman–Crippen LogP) is 8.64. The highest BCUT2D eigenvalue weighted by atomic mass is 16.5. The van der Waals surface area contributed by atoms with Gasteiger partial charge in [0.25, 0.3) is 0 Å². The third-order valence-corrected chi connectivity index (χ3v) is 11.5. The van der Waals surface area contributed by atoms with Crippen LogP contribution in [0.4, 0.5) is 4.79 Å². The van der Waals surface area contributed by atoms with E-state index in [-0.39, 0.29) is 29.8 Å². The van der Waals surface area contributed by atoms with Crippen molar-refractivity contribution < 1.29 is 23.9 Å². The molecule has 13 nitrogen and oxygen atoms in total. The van der Waals surface area contributed by atoms with Gasteiger partial charge < -0.3 is 29.2 Å². The molecule has 13 heteroatoms. The normalized spacial score (nSPS) is 17.4. The molecule has 0 saturated carbocycles. The van der Waals surface area contributed by atoms with Crippen molar-refractivity contribution in [2.24, 2.45) is 5.92 Å². The lowest BCUT2D eigenvalue weighted by Crippen LogP contribution is -2.40. The molecule has 1 unspecified atom stereocenters. The molecular formula is C50H54N8O5. The number of carbonyl (C=O) groups excluding carboxylic acids is 3. The van der Waals surface area contributed by atoms with Gasteiger partial charge in [-0.3, -0.25) is 19.8 Å². The molecule has 2 saturated heterocycles. The number of benzene rings is 4. The molecule has 0 bridgehead atoms. The topological polar surface area (TPSA) is 149 Å². The molecule has 0 spiro atoms. The smallest absolute Gasteiger partial charge is 0.411 e. The van der Waals surface area contributed by atoms with Gasteiger partial charge in [0.1, 0.15) is 11.9 Å². The van der Waals surface area contributed by atoms with E-state index in [1.54, 1.807) is 17.2 Å². The molecule has 2 aliphatic heterocycles. The fourth-order valence-corrected chi connectivity index (χ4v) is 8.31. The predicted molar refractivity (Wildman–Crippen MR) is 242 cm³/mol. The van der Waals surface area contributed by atoms with Crippen LogP contribution in [0.2, 0.25) is 0 Å². The van der Waals surface area contributed by atoms with Gasteiger partial charge in [0.15, 0.2) is 12.1 Å². The number of imidazole rings is 2. The van der Waals surface area contributed by atoms with Crippen LogP contribution in [-0.4, -0.2) is 92.9 Å². The summed E-state index contributed by atoms with van der Waals surface area (Å²) in [5.41, 5.74) is 7.55. The number of aromatic nitrogens is 4. The van der Waals surface area contributed by atoms with Crippen molar-refractivity contribution in [2.75, 3.05) is 40.4 Å². The van der Waals surface area contributed by atoms with Gasteiger partial charge in [0.2, 0.25) is 11.8 Å². The number of likely N-dealkylation sites (tertiary alicyclic amines) is 1. The molecule has 4 atom stereocenters. The van der Waals surface area contributed by atoms with Crippen LogP contribution in [0.5, 0.6) is 0 Å². The third kappa shape index (κ3) is 9.80. The lowest BCUT2D eigenvalue weighted by Gasteiger charge is -2.31. The molecule has 4 aromatic carbocycles. The van der Waals surface area contributed by atoms with E-state index < -0.39 is 18.2 Å². The number of likely N-dealkylation sites (N-methyl/N-ethyl adjacent to an activating group) is 1. The zero-order chi connectivity index (χ0) is 43.9. The Labute approximate surface area is 368 Å². The number of ether oxygens (including phenoxy) is 2. The van der Waals surface area contributed by atoms with E-state index >= 15 is 0 Å². The number of alkyl carbamates (subject to hydrolysis) is 1. The maximum Gasteiger partial charge on any atom is 0.411 e. The molecule has 3 N–H and O–H groups in total. The summed E-state index contributed by atoms with van der Waals surface area (Å²) in [5, 5.41) is 2.62. The Balaban J connectivity index is 0.914. The first-order chi connectivity index (χ1) is 30.6. The zero-order valence-electron chi connectivity index (χ0n) is 36.1. The van der Waals surface area contributed by atoms with Crippen molar-refractivity contribution in [3.05, 3.63) is 157 Å². The second-order valence-corrected chi connectivity index (χ2v) is 16.6. The number of aromatic amines is 2. The first-order valence-corrected chi connectivity index (χ1v) is 21.5. The zero-order valence-corrected chi connectivity index (χ0v) is 36.1. The van der Waals surface area contributed by atoms with E-state index in [0.717, 1.165) is 63.4 Å². The van der Waals surface area contributed by atoms with E-state index in [0.29, 0.717) is 32.1 Å². The number of rotatable bonds is 14. The molecule has 4 heterocycles. The maximum absolute atomic E-state index is 14.1. The Morgan fingerprint density at radius 2 is 1.33 bits per heavy atom. The van der Waals surface area contributed by atoms with Crippen molar-refractivity contribution in [3.8, 4) is 33.6 Å². The van der Waals surface area contributed by atoms with Crippen LogP contribution in [-0.2, 0) is 19.1 Å². The van der Waals surface area contributed by atoms with Crippen LogP contribution in [0.1, 0.15) is 73.7 Å². The highest BCUT2D eigenvalue weighted by Gasteiger charge is 2.38. The summed E-state index contributed by atoms with van der Waals surface area (Å²) < 4.78 is 11.3. The highest BCUT2D eigenvalue weighted by Crippen LogP contribution is 2.36. The fraction of sp³-hybridized carbons (Fsp3) is 0.300. The summed E-state index contributed by atoms with van der Waals surface area (Å²) in [6.07, 6.45) is 7.27. The SMILES string of the molecule is CC(C)COC(=O)N/C=C/C(C(=O)N1CCO[C@H]1c1ncc(-c2ccc(-c3ccc(-c4cnc([C@@H]5CCCN5C(=O)[C@@H](c5ccccc5)N(C)C)[nH]4)cc3)cc2)[nH]1)c1ccccc1. The van der Waals surface area contributed by atoms with Gasteiger partial charge in [0, 0.05) is 19.3 Å². The summed E-state index contributed by atoms with van der Waals surface area (Å²) in [5.74, 6) is 0.783. The molecule has 2 fully saturated rings. The Morgan fingerprint density at radius 3 is 1.94 bits per heavy atom. The van der Waals surface area contributed by atoms with E-state index in [9.17, 15) is 14.4 Å². The minimum Gasteiger partial charge on any atom is -0.449 e. The van der Waals surface area contributed by atoms with Crippen LogP contribution < -0.4 is 5.32 Å². The number of hydrogen-bond donors (Lipinski definition) is 3. The van der Waals surface area contributed by atoms with Gasteiger partial charge in [-0.15, -0.1) is 0 Å². The number of H-pyrrole nitrogens is 2. The molecule has 6 aromatic rings. The van der Waals surface area contributed by atoms with E-state index in [4.69, 9.17) is 14.5 Å². The van der Waals surface area contributed by atoms with Crippen molar-refractivity contribution in [2.45, 2.75) is 50.9 Å². The fourth-order valence-electron chi connectivity index (χ4n) is 8.31. The molecule has 3 amide bonds. The Hall–Kier alpha value is -6.83. The Kier molecular flexibility index (Phi) is 13.2. The van der Waals surface area contributed by atoms with Crippen LogP contribution in [0.3, 0.4) is 0 Å². The molecule has 0 radical (unpaired) electrons. The minimum absolute atomic E-state index is 0.0892. The highest BCUT2D eigenvalue weighted by molar-refractivity contribution is 5.86. The Bertz CT molecular complexity index is 2500. The molecule has 2 aliphatic rings. The molecule has 0 aliphatic carbocycles. The number of nitrogens with zero attached hydrogens (tertiary/aromatic N) is 5. The van der Waals surface area contributed by atoms with Crippen molar-refractivity contribution in [1.82, 2.24) is 40.0 Å². The van der Waals surface area contributed by atoms with Gasteiger partial charge in [-0.05, 0) is 66.2 Å². The number of carbonyl (C=O) groups is 3. The van der Waals surface area contributed by atoms with E-state index in [1.807, 2.05) is 117 Å². The first-order valence-electron chi connectivity index (χ1n) is 21.5. The second kappa shape index (κ2) is 19.5. The van der Waals surface area contributed by atoms with Crippen LogP contribution in [0, 0.1) is 5.92 Å². The number of amides is 3. The molecule has 324 valence electrons. The Morgan fingerprint density at radius 1 is 0.762 bits per heavy atom. The lowest BCUT2D eigenvalue weighted by atomic mass is 9.97. The third-order valence-electron chi connectivity index (χ3n) is 11.5. The summed E-state index contributed by atoms with van der Waals surface area (Å²) >= 11 is 0. The van der Waals surface area contributed by atoms with Gasteiger partial charge >= 0.3 is 6.09 Å². The van der Waals surface area contributed by atoms with Gasteiger partial charge in [-0.25, -0.2) is 14.8 Å². The van der Waals surface area contributed by atoms with E-state index in [2.05, 4.69) is 56.7 Å². The van der Waals surface area contributed by atoms with Gasteiger partial charge in [-0.1, -0.05) is 129 Å². The monoisotopic (exact) mass is 846 g/mol. The standard InChI is InChI=1S/C50H54N8O5/c1-33(2)32-63-50(61)51-26-25-40(36-12-7-5-8-13-36)47(59)58-28-29-62-49(58)46-53-31-42(55-46)38-23-19-35(20-24-38)34-17-21-37(22-18-34)41-30-52-45(54-41)43-16-11-27-57(43)48(60)44(56(3)4)39-14-9-6-10-15-39/h5-10,12-15,17-26,30-31,33,40,43-44,49H,11,16,27-29,32H2,1-4H3,(H,51,61)(H,52,54)(H,53,55)/b26-25+/t40?,43-,44+,49-/m0/s1. The summed E-state index contributed by atoms with van der Waals surface area (Å²) in [6.45, 7) is 5.68. The van der Waals surface area contributed by atoms with E-state index in [1.165, 1.54) is 6.20 Å². The number of hydrogen-bond acceptors (Lipinski definition) is 8. The lowest BCUT2D eigenvalue weighted by molar-refractivity contribution is -0.138. The minimum atomic E-state index is -0.701. The van der Waals surface area contributed by atoms with Gasteiger partial charge in [-0.2, -0.15) is 0 Å². The molecule has 2 aromatic heterocycles. The first kappa shape index (κ1) is 42.8. The quantitative estimate of drug-likeness (QED) is 0.0987. The second-order valence-electron chi connectivity index (χ2n) is 16.6. The molecular weight excluding hydrogens is 793 g/mol. The van der Waals surface area contributed by atoms with Crippen LogP contribution in [0.25, 0.3) is 33.6 Å². The van der Waals surface area contributed by atoms with Crippen molar-refractivity contribution >= 4 is 17.9 Å². The number of nitrogens with one attached hydrogen (secondary N) is 3. The molecule has 8 rings (SSSR count). The van der Waals surface area contributed by atoms with Crippen molar-refractivity contribution in [3.63, 3.8) is 0 Å². The van der Waals surface area contributed by atoms with Crippen LogP contribution in [0.15, 0.2) is 134 Å². The van der Waals surface area contributed by atoms with Crippen LogP contribution >= 0.6 is 0 Å². The summed E-state index contributed by atoms with van der Waals surface area (Å²) in [7, 11) is 3.90. The maximum atomic E-state index is 14.1. The van der Waals surface area contributed by atoms with Crippen molar-refractivity contribution in [1.29, 1.82) is 0 Å². The largest absolute Gasteiger partial charge is 0.449 e. The summed E-state index contributed by atoms with van der Waals surface area (Å²) in [6, 6.07) is 35.5.